The smallest absolute Gasteiger partial charge is 0.428 e. The minimum Gasteiger partial charge on any atom is -0.428 e. The molecule has 0 aromatic rings. The Labute approximate surface area is 325 Å². The molecular weight excluding hydrogens is 730 g/mol. The van der Waals surface area contributed by atoms with E-state index >= 15 is 0 Å². The number of nitrogens with zero attached hydrogens (tertiary/aromatic N) is 2. The molecule has 0 saturated carbocycles. The quantitative estimate of drug-likeness (QED) is 0.0564. The van der Waals surface area contributed by atoms with Crippen LogP contribution in [0.15, 0.2) is 36.5 Å². The molecule has 2 fully saturated rings. The van der Waals surface area contributed by atoms with Gasteiger partial charge in [0, 0.05) is 45.4 Å². The molecule has 0 unspecified atom stereocenters. The number of aliphatic hydroxyl groups excluding tert-OH is 2. The SMILES string of the molecule is C=C(CCCC(C)=O)COC(=O)ON1C(=O)CCC1=O.C=C(CO)CCCC(C)=O.C=C(CO)CCN.CC(=O)ON1C(=O)CCC1=O.CN.CN.[2H]SC. The number of carbonyl (C=O) groups is 8. The van der Waals surface area contributed by atoms with Crippen LogP contribution in [0.5, 0.6) is 0 Å². The van der Waals surface area contributed by atoms with Crippen LogP contribution in [0.4, 0.5) is 4.79 Å². The van der Waals surface area contributed by atoms with Gasteiger partial charge in [0.2, 0.25) is 0 Å². The number of amides is 4. The zero-order valence-corrected chi connectivity index (χ0v) is 33.5. The Morgan fingerprint density at radius 1 is 0.685 bits per heavy atom. The third-order valence-electron chi connectivity index (χ3n) is 5.85. The molecule has 54 heavy (non-hydrogen) atoms. The van der Waals surface area contributed by atoms with Crippen LogP contribution in [0, 0.1) is 0 Å². The molecule has 8 N–H and O–H groups in total. The first-order valence-electron chi connectivity index (χ1n) is 17.1. The molecule has 2 heterocycles. The number of hydroxylamine groups is 4. The van der Waals surface area contributed by atoms with Gasteiger partial charge in [-0.05, 0) is 78.4 Å². The van der Waals surface area contributed by atoms with Crippen molar-refractivity contribution < 1.29 is 63.0 Å². The van der Waals surface area contributed by atoms with Crippen LogP contribution in [0.25, 0.3) is 0 Å². The molecular formula is C35H63N5O13S. The van der Waals surface area contributed by atoms with Gasteiger partial charge in [0.05, 0.1) is 13.2 Å². The minimum absolute atomic E-state index is 0.0316. The highest BCUT2D eigenvalue weighted by atomic mass is 32.1. The van der Waals surface area contributed by atoms with Gasteiger partial charge in [-0.25, -0.2) is 9.59 Å². The zero-order chi connectivity index (χ0) is 43.9. The maximum atomic E-state index is 11.3. The number of ketones is 2. The van der Waals surface area contributed by atoms with Gasteiger partial charge in [-0.2, -0.15) is 12.5 Å². The standard InChI is InChI=1S/C13H17NO6.C8H14O2.C6H7NO4.C5H11NO.2CH5N.CH4S/c1-9(4-3-5-10(2)15)8-19-13(18)20-14-11(16)6-7-12(14)17;1-7(6-9)4-3-5-8(2)10;1-4(8)11-7-5(9)2-3-6(7)10;1-5(4-7)2-3-6;3*1-2/h1,3-8H2,2H3;9H,1,3-6H2,2H3;2-3H2,1H3;7H,1-4,6H2;2*2H2,1H3;2H,1H3/i/hD. The van der Waals surface area contributed by atoms with Gasteiger partial charge in [0.15, 0.2) is 0 Å². The Bertz CT molecular complexity index is 1190. The second-order valence-corrected chi connectivity index (χ2v) is 10.6. The monoisotopic (exact) mass is 794 g/mol. The van der Waals surface area contributed by atoms with Gasteiger partial charge in [-0.1, -0.05) is 35.9 Å². The Kier molecular flexibility index (Phi) is 41.8. The van der Waals surface area contributed by atoms with E-state index in [1.807, 2.05) is 0 Å². The highest BCUT2D eigenvalue weighted by molar-refractivity contribution is 7.79. The molecule has 2 aliphatic heterocycles. The number of carbonyl (C=O) groups excluding carboxylic acids is 8. The number of rotatable bonds is 16. The second kappa shape index (κ2) is 39.9. The number of hydrogen-bond acceptors (Lipinski definition) is 17. The minimum atomic E-state index is -1.12. The third-order valence-corrected chi connectivity index (χ3v) is 5.85. The fourth-order valence-corrected chi connectivity index (χ4v) is 3.32. The van der Waals surface area contributed by atoms with Crippen molar-refractivity contribution in [3.05, 3.63) is 36.5 Å². The number of hydrogen-bond donors (Lipinski definition) is 6. The van der Waals surface area contributed by atoms with Crippen molar-refractivity contribution in [1.29, 1.82) is 1.12 Å². The van der Waals surface area contributed by atoms with E-state index in [2.05, 4.69) is 40.9 Å². The van der Waals surface area contributed by atoms with Crippen molar-refractivity contribution in [2.75, 3.05) is 46.7 Å². The number of nitrogens with two attached hydrogens (primary N) is 3. The fraction of sp³-hybridized carbons (Fsp3) is 0.600. The lowest BCUT2D eigenvalue weighted by Gasteiger charge is -2.12. The van der Waals surface area contributed by atoms with E-state index in [0.717, 1.165) is 49.9 Å². The first kappa shape index (κ1) is 56.5. The molecule has 4 amide bonds. The Balaban J connectivity index is -0.000000204. The molecule has 2 rings (SSSR count). The topological polar surface area (TPSA) is 289 Å². The van der Waals surface area contributed by atoms with Gasteiger partial charge >= 0.3 is 12.1 Å². The Morgan fingerprint density at radius 3 is 1.31 bits per heavy atom. The van der Waals surface area contributed by atoms with Crippen molar-refractivity contribution in [1.82, 2.24) is 10.1 Å². The molecule has 0 aromatic heterocycles. The average Bonchev–Trinajstić information content (AvgIpc) is 3.63. The van der Waals surface area contributed by atoms with E-state index in [1.54, 1.807) is 13.2 Å². The summed E-state index contributed by atoms with van der Waals surface area (Å²) in [7, 11) is 3.00. The van der Waals surface area contributed by atoms with Crippen LogP contribution in [0.1, 0.15) is 91.4 Å². The summed E-state index contributed by atoms with van der Waals surface area (Å²) in [6.07, 6.45) is 5.44. The summed E-state index contributed by atoms with van der Waals surface area (Å²) in [5, 5.41) is 17.8. The summed E-state index contributed by atoms with van der Waals surface area (Å²) in [4.78, 5) is 95.5. The largest absolute Gasteiger partial charge is 0.534 e. The normalized spacial score (nSPS) is 12.3. The van der Waals surface area contributed by atoms with Crippen molar-refractivity contribution in [2.45, 2.75) is 91.4 Å². The van der Waals surface area contributed by atoms with Crippen molar-refractivity contribution >= 4 is 59.9 Å². The van der Waals surface area contributed by atoms with E-state index in [-0.39, 0.29) is 57.1 Å². The lowest BCUT2D eigenvalue weighted by atomic mass is 10.1. The molecule has 2 saturated heterocycles. The average molecular weight is 795 g/mol. The number of ether oxygens (including phenoxy) is 1. The molecule has 312 valence electrons. The van der Waals surface area contributed by atoms with E-state index in [0.29, 0.717) is 47.9 Å². The molecule has 2 aliphatic rings. The fourth-order valence-electron chi connectivity index (χ4n) is 3.32. The van der Waals surface area contributed by atoms with E-state index < -0.39 is 35.8 Å². The Morgan fingerprint density at radius 2 is 1.02 bits per heavy atom. The summed E-state index contributed by atoms with van der Waals surface area (Å²) in [5.74, 6) is -2.40. The number of imide groups is 2. The van der Waals surface area contributed by atoms with Crippen molar-refractivity contribution in [3.8, 4) is 0 Å². The molecule has 0 atom stereocenters. The van der Waals surface area contributed by atoms with Crippen LogP contribution >= 0.6 is 12.5 Å². The molecule has 0 aliphatic carbocycles. The summed E-state index contributed by atoms with van der Waals surface area (Å²) in [6.45, 7) is 15.7. The van der Waals surface area contributed by atoms with E-state index in [1.165, 1.54) is 21.0 Å². The predicted octanol–water partition coefficient (Wildman–Crippen LogP) is 2.01. The molecule has 0 bridgehead atoms. The van der Waals surface area contributed by atoms with Gasteiger partial charge in [0.25, 0.3) is 23.6 Å². The highest BCUT2D eigenvalue weighted by Gasteiger charge is 2.33. The van der Waals surface area contributed by atoms with Gasteiger partial charge < -0.3 is 46.6 Å². The Hall–Kier alpha value is -4.27. The summed E-state index contributed by atoms with van der Waals surface area (Å²) < 4.78 is 10.9. The third kappa shape index (κ3) is 36.1. The zero-order valence-electron chi connectivity index (χ0n) is 33.6. The highest BCUT2D eigenvalue weighted by Crippen LogP contribution is 2.14. The van der Waals surface area contributed by atoms with Crippen molar-refractivity contribution in [3.63, 3.8) is 0 Å². The molecule has 0 radical (unpaired) electrons. The summed E-state index contributed by atoms with van der Waals surface area (Å²) >= 11 is 1.000. The van der Waals surface area contributed by atoms with Gasteiger partial charge in [-0.3, -0.25) is 24.0 Å². The van der Waals surface area contributed by atoms with Crippen molar-refractivity contribution in [2.24, 2.45) is 17.2 Å². The summed E-state index contributed by atoms with van der Waals surface area (Å²) in [6, 6.07) is 0. The summed E-state index contributed by atoms with van der Waals surface area (Å²) in [5.41, 5.74) is 16.4. The first-order valence-corrected chi connectivity index (χ1v) is 17.5. The number of Topliss-reactive ketones (excluding diaryl/α,β-unsaturated/α-hetero) is 2. The van der Waals surface area contributed by atoms with Gasteiger partial charge in [0.1, 0.15) is 19.3 Å². The molecule has 19 heteroatoms. The maximum Gasteiger partial charge on any atom is 0.534 e. The second-order valence-electron chi connectivity index (χ2n) is 10.6. The first-order chi connectivity index (χ1) is 25.9. The molecule has 18 nitrogen and oxygen atoms in total. The predicted molar refractivity (Wildman–Crippen MR) is 206 cm³/mol. The van der Waals surface area contributed by atoms with Gasteiger partial charge in [-0.15, -0.1) is 5.06 Å². The number of thiol groups is 1. The number of aliphatic hydroxyl groups is 2. The van der Waals surface area contributed by atoms with E-state index in [4.69, 9.17) is 21.8 Å². The lowest BCUT2D eigenvalue weighted by Crippen LogP contribution is -2.32. The van der Waals surface area contributed by atoms with E-state index in [9.17, 15) is 38.4 Å². The molecule has 0 aromatic carbocycles. The van der Waals surface area contributed by atoms with Crippen LogP contribution in [0.2, 0.25) is 0 Å². The van der Waals surface area contributed by atoms with Crippen LogP contribution in [-0.4, -0.2) is 115 Å². The van der Waals surface area contributed by atoms with Crippen LogP contribution in [0.3, 0.4) is 0 Å². The molecule has 0 spiro atoms. The lowest BCUT2D eigenvalue weighted by molar-refractivity contribution is -0.195. The van der Waals surface area contributed by atoms with Crippen LogP contribution in [-0.2, 0) is 48.0 Å². The van der Waals surface area contributed by atoms with Crippen LogP contribution < -0.4 is 17.2 Å². The maximum absolute atomic E-state index is 11.3.